The van der Waals surface area contributed by atoms with Gasteiger partial charge in [0.2, 0.25) is 5.91 Å². The maximum Gasteiger partial charge on any atom is 0.222 e. The van der Waals surface area contributed by atoms with Crippen LogP contribution in [0.15, 0.2) is 24.3 Å². The molecule has 0 radical (unpaired) electrons. The molecule has 1 aromatic carbocycles. The van der Waals surface area contributed by atoms with Gasteiger partial charge in [-0.2, -0.15) is 0 Å². The molecule has 1 heterocycles. The Balaban J connectivity index is 1.83. The van der Waals surface area contributed by atoms with E-state index in [1.807, 2.05) is 29.2 Å². The summed E-state index contributed by atoms with van der Waals surface area (Å²) < 4.78 is 0. The summed E-state index contributed by atoms with van der Waals surface area (Å²) in [6.07, 6.45) is 3.58. The third-order valence-corrected chi connectivity index (χ3v) is 4.07. The molecule has 18 heavy (non-hydrogen) atoms. The second-order valence-corrected chi connectivity index (χ2v) is 5.56. The average Bonchev–Trinajstić information content (AvgIpc) is 2.38. The number of aryl methyl sites for hydroxylation is 1. The number of carbonyl (C=O) groups is 1. The van der Waals surface area contributed by atoms with Crippen LogP contribution < -0.4 is 0 Å². The molecule has 1 amide bonds. The standard InChI is InChI=1S/C15H20ClNO/c1-12-8-10-17(11-9-12)15(18)7-6-13-4-2-3-5-14(13)16/h2-5,12H,6-11H2,1H3. The van der Waals surface area contributed by atoms with E-state index in [-0.39, 0.29) is 5.91 Å². The Morgan fingerprint density at radius 3 is 2.67 bits per heavy atom. The average molecular weight is 266 g/mol. The molecule has 98 valence electrons. The molecule has 0 aromatic heterocycles. The second kappa shape index (κ2) is 6.24. The summed E-state index contributed by atoms with van der Waals surface area (Å²) in [5, 5.41) is 0.762. The van der Waals surface area contributed by atoms with E-state index in [0.29, 0.717) is 6.42 Å². The normalized spacial score (nSPS) is 16.9. The number of nitrogens with zero attached hydrogens (tertiary/aromatic N) is 1. The Hall–Kier alpha value is -1.02. The molecule has 0 N–H and O–H groups in total. The molecular formula is C15H20ClNO. The largest absolute Gasteiger partial charge is 0.343 e. The van der Waals surface area contributed by atoms with Crippen LogP contribution >= 0.6 is 11.6 Å². The van der Waals surface area contributed by atoms with Gasteiger partial charge in [-0.05, 0) is 36.8 Å². The van der Waals surface area contributed by atoms with Gasteiger partial charge in [-0.25, -0.2) is 0 Å². The van der Waals surface area contributed by atoms with Crippen LogP contribution in [0.25, 0.3) is 0 Å². The molecule has 3 heteroatoms. The summed E-state index contributed by atoms with van der Waals surface area (Å²) in [5.41, 5.74) is 1.07. The van der Waals surface area contributed by atoms with Gasteiger partial charge in [0, 0.05) is 24.5 Å². The molecule has 0 saturated carbocycles. The van der Waals surface area contributed by atoms with Gasteiger partial charge in [0.1, 0.15) is 0 Å². The van der Waals surface area contributed by atoms with Gasteiger partial charge in [-0.1, -0.05) is 36.7 Å². The maximum absolute atomic E-state index is 12.1. The summed E-state index contributed by atoms with van der Waals surface area (Å²) in [6.45, 7) is 4.09. The van der Waals surface area contributed by atoms with Gasteiger partial charge in [-0.3, -0.25) is 4.79 Å². The Bertz CT molecular complexity index is 411. The molecule has 0 aliphatic carbocycles. The lowest BCUT2D eigenvalue weighted by Crippen LogP contribution is -2.38. The lowest BCUT2D eigenvalue weighted by atomic mass is 9.98. The van der Waals surface area contributed by atoms with Crippen molar-refractivity contribution < 1.29 is 4.79 Å². The van der Waals surface area contributed by atoms with Crippen molar-refractivity contribution >= 4 is 17.5 Å². The van der Waals surface area contributed by atoms with Crippen LogP contribution in [0, 0.1) is 5.92 Å². The second-order valence-electron chi connectivity index (χ2n) is 5.15. The van der Waals surface area contributed by atoms with Gasteiger partial charge < -0.3 is 4.90 Å². The third kappa shape index (κ3) is 3.49. The molecule has 1 aliphatic heterocycles. The number of hydrogen-bond acceptors (Lipinski definition) is 1. The number of carbonyl (C=O) groups excluding carboxylic acids is 1. The number of piperidine rings is 1. The smallest absolute Gasteiger partial charge is 0.222 e. The first-order valence-corrected chi connectivity index (χ1v) is 7.06. The zero-order valence-corrected chi connectivity index (χ0v) is 11.6. The number of rotatable bonds is 3. The summed E-state index contributed by atoms with van der Waals surface area (Å²) in [6, 6.07) is 7.76. The molecule has 2 nitrogen and oxygen atoms in total. The highest BCUT2D eigenvalue weighted by Gasteiger charge is 2.19. The third-order valence-electron chi connectivity index (χ3n) is 3.70. The van der Waals surface area contributed by atoms with Crippen molar-refractivity contribution in [3.8, 4) is 0 Å². The van der Waals surface area contributed by atoms with Crippen LogP contribution in [0.2, 0.25) is 5.02 Å². The number of likely N-dealkylation sites (tertiary alicyclic amines) is 1. The van der Waals surface area contributed by atoms with E-state index in [1.54, 1.807) is 0 Å². The molecule has 0 atom stereocenters. The number of halogens is 1. The lowest BCUT2D eigenvalue weighted by Gasteiger charge is -2.30. The monoisotopic (exact) mass is 265 g/mol. The Morgan fingerprint density at radius 2 is 2.00 bits per heavy atom. The number of benzene rings is 1. The number of amides is 1. The van der Waals surface area contributed by atoms with Crippen molar-refractivity contribution in [2.75, 3.05) is 13.1 Å². The quantitative estimate of drug-likeness (QED) is 0.819. The van der Waals surface area contributed by atoms with Crippen molar-refractivity contribution in [3.05, 3.63) is 34.9 Å². The summed E-state index contributed by atoms with van der Waals surface area (Å²) >= 11 is 6.09. The molecule has 0 bridgehead atoms. The van der Waals surface area contributed by atoms with Crippen LogP contribution in [-0.4, -0.2) is 23.9 Å². The van der Waals surface area contributed by atoms with E-state index in [9.17, 15) is 4.79 Å². The highest BCUT2D eigenvalue weighted by molar-refractivity contribution is 6.31. The van der Waals surface area contributed by atoms with Gasteiger partial charge >= 0.3 is 0 Å². The van der Waals surface area contributed by atoms with Crippen molar-refractivity contribution in [3.63, 3.8) is 0 Å². The van der Waals surface area contributed by atoms with Crippen molar-refractivity contribution in [2.24, 2.45) is 5.92 Å². The Labute approximate surface area is 114 Å². The van der Waals surface area contributed by atoms with E-state index < -0.39 is 0 Å². The van der Waals surface area contributed by atoms with Gasteiger partial charge in [0.15, 0.2) is 0 Å². The summed E-state index contributed by atoms with van der Waals surface area (Å²) in [7, 11) is 0. The minimum atomic E-state index is 0.266. The van der Waals surface area contributed by atoms with Crippen molar-refractivity contribution in [1.82, 2.24) is 4.90 Å². The minimum Gasteiger partial charge on any atom is -0.343 e. The van der Waals surface area contributed by atoms with E-state index in [0.717, 1.165) is 48.9 Å². The number of hydrogen-bond donors (Lipinski definition) is 0. The molecule has 2 rings (SSSR count). The van der Waals surface area contributed by atoms with E-state index in [4.69, 9.17) is 11.6 Å². The van der Waals surface area contributed by atoms with E-state index >= 15 is 0 Å². The van der Waals surface area contributed by atoms with Gasteiger partial charge in [0.05, 0.1) is 0 Å². The molecular weight excluding hydrogens is 246 g/mol. The zero-order valence-electron chi connectivity index (χ0n) is 10.9. The van der Waals surface area contributed by atoms with Crippen LogP contribution in [0.4, 0.5) is 0 Å². The first-order chi connectivity index (χ1) is 8.66. The fourth-order valence-corrected chi connectivity index (χ4v) is 2.59. The predicted molar refractivity (Wildman–Crippen MR) is 74.8 cm³/mol. The highest BCUT2D eigenvalue weighted by Crippen LogP contribution is 2.19. The first-order valence-electron chi connectivity index (χ1n) is 6.68. The lowest BCUT2D eigenvalue weighted by molar-refractivity contribution is -0.132. The van der Waals surface area contributed by atoms with Gasteiger partial charge in [-0.15, -0.1) is 0 Å². The zero-order chi connectivity index (χ0) is 13.0. The van der Waals surface area contributed by atoms with Crippen LogP contribution in [0.3, 0.4) is 0 Å². The highest BCUT2D eigenvalue weighted by atomic mass is 35.5. The summed E-state index contributed by atoms with van der Waals surface area (Å²) in [4.78, 5) is 14.1. The fourth-order valence-electron chi connectivity index (χ4n) is 2.36. The van der Waals surface area contributed by atoms with Crippen molar-refractivity contribution in [1.29, 1.82) is 0 Å². The fraction of sp³-hybridized carbons (Fsp3) is 0.533. The maximum atomic E-state index is 12.1. The SMILES string of the molecule is CC1CCN(C(=O)CCc2ccccc2Cl)CC1. The predicted octanol–water partition coefficient (Wildman–Crippen LogP) is 3.53. The molecule has 0 unspecified atom stereocenters. The minimum absolute atomic E-state index is 0.266. The Kier molecular flexibility index (Phi) is 4.65. The van der Waals surface area contributed by atoms with Crippen LogP contribution in [-0.2, 0) is 11.2 Å². The van der Waals surface area contributed by atoms with E-state index in [1.165, 1.54) is 0 Å². The molecule has 1 aliphatic rings. The Morgan fingerprint density at radius 1 is 1.33 bits per heavy atom. The van der Waals surface area contributed by atoms with Crippen molar-refractivity contribution in [2.45, 2.75) is 32.6 Å². The van der Waals surface area contributed by atoms with Crippen LogP contribution in [0.1, 0.15) is 31.7 Å². The van der Waals surface area contributed by atoms with Gasteiger partial charge in [0.25, 0.3) is 0 Å². The first kappa shape index (κ1) is 13.4. The van der Waals surface area contributed by atoms with Crippen LogP contribution in [0.5, 0.6) is 0 Å². The van der Waals surface area contributed by atoms with E-state index in [2.05, 4.69) is 6.92 Å². The molecule has 0 spiro atoms. The molecule has 1 saturated heterocycles. The molecule has 1 aromatic rings. The summed E-state index contributed by atoms with van der Waals surface area (Å²) in [5.74, 6) is 1.03. The topological polar surface area (TPSA) is 20.3 Å². The molecule has 1 fully saturated rings.